The second kappa shape index (κ2) is 3.47. The third kappa shape index (κ3) is 1.40. The van der Waals surface area contributed by atoms with Gasteiger partial charge in [-0.25, -0.2) is 4.98 Å². The van der Waals surface area contributed by atoms with Crippen LogP contribution in [0.25, 0.3) is 11.3 Å². The summed E-state index contributed by atoms with van der Waals surface area (Å²) >= 11 is 0. The van der Waals surface area contributed by atoms with Crippen molar-refractivity contribution in [1.82, 2.24) is 9.55 Å². The summed E-state index contributed by atoms with van der Waals surface area (Å²) in [5, 5.41) is 0. The molecule has 0 spiro atoms. The number of fused-ring (bicyclic) bond motifs is 3. The van der Waals surface area contributed by atoms with Crippen molar-refractivity contribution in [2.24, 2.45) is 11.1 Å². The number of hydrogen-bond acceptors (Lipinski definition) is 2. The van der Waals surface area contributed by atoms with Crippen LogP contribution in [0.2, 0.25) is 0 Å². The fourth-order valence-corrected chi connectivity index (χ4v) is 3.21. The van der Waals surface area contributed by atoms with Crippen molar-refractivity contribution in [3.8, 4) is 11.3 Å². The minimum absolute atomic E-state index is 0.154. The Morgan fingerprint density at radius 2 is 2.21 bits per heavy atom. The topological polar surface area (TPSA) is 60.9 Å². The SMILES string of the molecule is NC(=O)C1(CC2c3ccccc3-c3cncn32)CC1. The van der Waals surface area contributed by atoms with Crippen LogP contribution in [0.4, 0.5) is 0 Å². The summed E-state index contributed by atoms with van der Waals surface area (Å²) in [5.74, 6) is -0.154. The van der Waals surface area contributed by atoms with Gasteiger partial charge in [0, 0.05) is 5.56 Å². The molecule has 0 saturated heterocycles. The number of aromatic nitrogens is 2. The van der Waals surface area contributed by atoms with E-state index in [0.29, 0.717) is 0 Å². The average Bonchev–Trinajstić information content (AvgIpc) is 2.94. The number of amides is 1. The molecule has 4 nitrogen and oxygen atoms in total. The van der Waals surface area contributed by atoms with Crippen LogP contribution in [0.3, 0.4) is 0 Å². The number of nitrogens with two attached hydrogens (primary N) is 1. The summed E-state index contributed by atoms with van der Waals surface area (Å²) < 4.78 is 2.17. The van der Waals surface area contributed by atoms with Gasteiger partial charge in [-0.2, -0.15) is 0 Å². The second-order valence-electron chi connectivity index (χ2n) is 5.64. The number of carbonyl (C=O) groups excluding carboxylic acids is 1. The first-order chi connectivity index (χ1) is 9.21. The molecule has 2 aromatic rings. The molecule has 1 aromatic heterocycles. The Hall–Kier alpha value is -2.10. The van der Waals surface area contributed by atoms with Crippen LogP contribution < -0.4 is 5.73 Å². The van der Waals surface area contributed by atoms with Crippen LogP contribution in [0.15, 0.2) is 36.8 Å². The van der Waals surface area contributed by atoms with E-state index >= 15 is 0 Å². The van der Waals surface area contributed by atoms with E-state index in [1.54, 1.807) is 0 Å². The lowest BCUT2D eigenvalue weighted by Crippen LogP contribution is -2.27. The van der Waals surface area contributed by atoms with E-state index in [1.807, 2.05) is 18.6 Å². The largest absolute Gasteiger partial charge is 0.369 e. The first-order valence-corrected chi connectivity index (χ1v) is 6.62. The van der Waals surface area contributed by atoms with Crippen molar-refractivity contribution >= 4 is 5.91 Å². The molecular weight excluding hydrogens is 238 g/mol. The molecule has 1 saturated carbocycles. The molecule has 1 unspecified atom stereocenters. The molecule has 0 radical (unpaired) electrons. The number of imidazole rings is 1. The molecule has 1 fully saturated rings. The highest BCUT2D eigenvalue weighted by molar-refractivity contribution is 5.84. The highest BCUT2D eigenvalue weighted by Gasteiger charge is 2.51. The predicted molar refractivity (Wildman–Crippen MR) is 71.3 cm³/mol. The molecule has 1 aliphatic heterocycles. The number of hydrogen-bond donors (Lipinski definition) is 1. The number of primary amides is 1. The highest BCUT2D eigenvalue weighted by Crippen LogP contribution is 2.54. The summed E-state index contributed by atoms with van der Waals surface area (Å²) in [7, 11) is 0. The van der Waals surface area contributed by atoms with Gasteiger partial charge in [0.2, 0.25) is 5.91 Å². The lowest BCUT2D eigenvalue weighted by molar-refractivity contribution is -0.123. The summed E-state index contributed by atoms with van der Waals surface area (Å²) in [5.41, 5.74) is 8.93. The molecule has 1 aromatic carbocycles. The molecule has 96 valence electrons. The van der Waals surface area contributed by atoms with Crippen molar-refractivity contribution in [2.45, 2.75) is 25.3 Å². The maximum Gasteiger partial charge on any atom is 0.223 e. The molecular formula is C15H15N3O. The Balaban J connectivity index is 1.79. The van der Waals surface area contributed by atoms with Gasteiger partial charge in [0.05, 0.1) is 29.7 Å². The zero-order valence-corrected chi connectivity index (χ0v) is 10.5. The lowest BCUT2D eigenvalue weighted by atomic mass is 9.91. The summed E-state index contributed by atoms with van der Waals surface area (Å²) in [6, 6.07) is 8.55. The highest BCUT2D eigenvalue weighted by atomic mass is 16.1. The van der Waals surface area contributed by atoms with Gasteiger partial charge in [0.25, 0.3) is 0 Å². The van der Waals surface area contributed by atoms with Crippen LogP contribution in [-0.4, -0.2) is 15.5 Å². The monoisotopic (exact) mass is 253 g/mol. The van der Waals surface area contributed by atoms with Crippen molar-refractivity contribution in [2.75, 3.05) is 0 Å². The van der Waals surface area contributed by atoms with E-state index in [0.717, 1.165) is 25.0 Å². The van der Waals surface area contributed by atoms with Crippen molar-refractivity contribution < 1.29 is 4.79 Å². The third-order valence-corrected chi connectivity index (χ3v) is 4.56. The minimum Gasteiger partial charge on any atom is -0.369 e. The Labute approximate surface area is 111 Å². The van der Waals surface area contributed by atoms with Crippen LogP contribution in [0.1, 0.15) is 30.9 Å². The van der Waals surface area contributed by atoms with E-state index in [1.165, 1.54) is 11.1 Å². The number of nitrogens with zero attached hydrogens (tertiary/aromatic N) is 2. The molecule has 19 heavy (non-hydrogen) atoms. The van der Waals surface area contributed by atoms with Crippen molar-refractivity contribution in [1.29, 1.82) is 0 Å². The van der Waals surface area contributed by atoms with Crippen LogP contribution in [0, 0.1) is 5.41 Å². The number of carbonyl (C=O) groups is 1. The van der Waals surface area contributed by atoms with Crippen molar-refractivity contribution in [3.05, 3.63) is 42.4 Å². The predicted octanol–water partition coefficient (Wildman–Crippen LogP) is 2.11. The van der Waals surface area contributed by atoms with Gasteiger partial charge in [-0.05, 0) is 24.8 Å². The van der Waals surface area contributed by atoms with Gasteiger partial charge in [-0.1, -0.05) is 24.3 Å². The first-order valence-electron chi connectivity index (χ1n) is 6.62. The third-order valence-electron chi connectivity index (χ3n) is 4.56. The van der Waals surface area contributed by atoms with Crippen molar-refractivity contribution in [3.63, 3.8) is 0 Å². The quantitative estimate of drug-likeness (QED) is 0.910. The Kier molecular flexibility index (Phi) is 1.97. The van der Waals surface area contributed by atoms with E-state index in [4.69, 9.17) is 5.73 Å². The molecule has 1 amide bonds. The molecule has 2 heterocycles. The maximum atomic E-state index is 11.6. The summed E-state index contributed by atoms with van der Waals surface area (Å²) in [4.78, 5) is 15.9. The lowest BCUT2D eigenvalue weighted by Gasteiger charge is -2.19. The summed E-state index contributed by atoms with van der Waals surface area (Å²) in [6.07, 6.45) is 6.39. The van der Waals surface area contributed by atoms with Gasteiger partial charge < -0.3 is 10.3 Å². The average molecular weight is 253 g/mol. The molecule has 4 heteroatoms. The molecule has 0 bridgehead atoms. The van der Waals surface area contributed by atoms with Gasteiger partial charge >= 0.3 is 0 Å². The minimum atomic E-state index is -0.288. The van der Waals surface area contributed by atoms with E-state index in [2.05, 4.69) is 27.8 Å². The van der Waals surface area contributed by atoms with Crippen LogP contribution in [0.5, 0.6) is 0 Å². The molecule has 1 aliphatic carbocycles. The molecule has 2 aliphatic rings. The van der Waals surface area contributed by atoms with Gasteiger partial charge in [-0.3, -0.25) is 4.79 Å². The Morgan fingerprint density at radius 3 is 2.95 bits per heavy atom. The van der Waals surface area contributed by atoms with Gasteiger partial charge in [-0.15, -0.1) is 0 Å². The van der Waals surface area contributed by atoms with E-state index < -0.39 is 0 Å². The van der Waals surface area contributed by atoms with E-state index in [9.17, 15) is 4.79 Å². The smallest absolute Gasteiger partial charge is 0.223 e. The fraction of sp³-hybridized carbons (Fsp3) is 0.333. The Morgan fingerprint density at radius 1 is 1.42 bits per heavy atom. The molecule has 1 atom stereocenters. The number of rotatable bonds is 3. The first kappa shape index (κ1) is 10.8. The Bertz CT molecular complexity index is 670. The van der Waals surface area contributed by atoms with Crippen LogP contribution in [-0.2, 0) is 4.79 Å². The molecule has 2 N–H and O–H groups in total. The zero-order valence-electron chi connectivity index (χ0n) is 10.5. The fourth-order valence-electron chi connectivity index (χ4n) is 3.21. The van der Waals surface area contributed by atoms with E-state index in [-0.39, 0.29) is 17.4 Å². The zero-order chi connectivity index (χ0) is 13.0. The molecule has 4 rings (SSSR count). The second-order valence-corrected chi connectivity index (χ2v) is 5.64. The van der Waals surface area contributed by atoms with Gasteiger partial charge in [0.15, 0.2) is 0 Å². The standard InChI is InChI=1S/C15H15N3O/c16-14(19)15(5-6-15)7-12-10-3-1-2-4-11(10)13-8-17-9-18(12)13/h1-4,8-9,12H,5-7H2,(H2,16,19). The normalized spacial score (nSPS) is 21.8. The summed E-state index contributed by atoms with van der Waals surface area (Å²) in [6.45, 7) is 0. The number of benzene rings is 1. The van der Waals surface area contributed by atoms with Crippen LogP contribution >= 0.6 is 0 Å². The van der Waals surface area contributed by atoms with Gasteiger partial charge in [0.1, 0.15) is 0 Å². The maximum absolute atomic E-state index is 11.6.